The van der Waals surface area contributed by atoms with Gasteiger partial charge in [-0.1, -0.05) is 11.6 Å². The standard InChI is InChI=1S/C10H14ClN3O2/c1-2-16-10(15)3-4-13-9-6-7(12)5-8(11)14-9/h5-6H,2-4H2,1H3,(H3,12,13,14). The zero-order chi connectivity index (χ0) is 12.0. The van der Waals surface area contributed by atoms with E-state index >= 15 is 0 Å². The largest absolute Gasteiger partial charge is 0.466 e. The minimum Gasteiger partial charge on any atom is -0.466 e. The molecule has 16 heavy (non-hydrogen) atoms. The van der Waals surface area contributed by atoms with E-state index in [1.54, 1.807) is 19.1 Å². The van der Waals surface area contributed by atoms with Crippen molar-refractivity contribution >= 4 is 29.1 Å². The first-order chi connectivity index (χ1) is 7.61. The maximum Gasteiger partial charge on any atom is 0.307 e. The van der Waals surface area contributed by atoms with E-state index < -0.39 is 0 Å². The number of nitrogen functional groups attached to an aromatic ring is 1. The van der Waals surface area contributed by atoms with Crippen LogP contribution in [0.4, 0.5) is 11.5 Å². The summed E-state index contributed by atoms with van der Waals surface area (Å²) in [6.07, 6.45) is 0.280. The summed E-state index contributed by atoms with van der Waals surface area (Å²) in [5.74, 6) is 0.305. The molecule has 0 unspecified atom stereocenters. The number of carbonyl (C=O) groups is 1. The van der Waals surface area contributed by atoms with Gasteiger partial charge >= 0.3 is 5.97 Å². The van der Waals surface area contributed by atoms with Gasteiger partial charge in [0.2, 0.25) is 0 Å². The molecule has 0 aliphatic heterocycles. The molecule has 88 valence electrons. The van der Waals surface area contributed by atoms with Gasteiger partial charge in [-0.05, 0) is 13.0 Å². The number of nitrogens with two attached hydrogens (primary N) is 1. The van der Waals surface area contributed by atoms with Crippen LogP contribution in [0.25, 0.3) is 0 Å². The number of nitrogens with zero attached hydrogens (tertiary/aromatic N) is 1. The lowest BCUT2D eigenvalue weighted by Crippen LogP contribution is -2.12. The summed E-state index contributed by atoms with van der Waals surface area (Å²) >= 11 is 5.72. The van der Waals surface area contributed by atoms with Crippen LogP contribution in [0.15, 0.2) is 12.1 Å². The molecule has 3 N–H and O–H groups in total. The van der Waals surface area contributed by atoms with Crippen LogP contribution in [-0.2, 0) is 9.53 Å². The van der Waals surface area contributed by atoms with Crippen LogP contribution in [0.1, 0.15) is 13.3 Å². The molecule has 5 nitrogen and oxygen atoms in total. The van der Waals surface area contributed by atoms with Gasteiger partial charge in [0.15, 0.2) is 0 Å². The topological polar surface area (TPSA) is 77.2 Å². The summed E-state index contributed by atoms with van der Waals surface area (Å²) in [6.45, 7) is 2.59. The van der Waals surface area contributed by atoms with Gasteiger partial charge in [-0.15, -0.1) is 0 Å². The number of esters is 1. The Hall–Kier alpha value is -1.49. The number of ether oxygens (including phenoxy) is 1. The molecular formula is C10H14ClN3O2. The predicted molar refractivity (Wildman–Crippen MR) is 63.4 cm³/mol. The molecule has 1 aromatic heterocycles. The van der Waals surface area contributed by atoms with Gasteiger partial charge in [0.25, 0.3) is 0 Å². The second-order valence-electron chi connectivity index (χ2n) is 3.09. The van der Waals surface area contributed by atoms with E-state index in [1.165, 1.54) is 0 Å². The van der Waals surface area contributed by atoms with Crippen LogP contribution >= 0.6 is 11.6 Å². The van der Waals surface area contributed by atoms with Crippen molar-refractivity contribution in [2.75, 3.05) is 24.2 Å². The molecule has 6 heteroatoms. The molecule has 1 rings (SSSR count). The Bertz CT molecular complexity index is 351. The quantitative estimate of drug-likeness (QED) is 0.608. The summed E-state index contributed by atoms with van der Waals surface area (Å²) in [5, 5.41) is 3.26. The van der Waals surface area contributed by atoms with Crippen LogP contribution in [0.2, 0.25) is 5.15 Å². The third kappa shape index (κ3) is 4.35. The molecule has 1 aromatic rings. The Labute approximate surface area is 98.9 Å². The lowest BCUT2D eigenvalue weighted by molar-refractivity contribution is -0.142. The molecule has 0 amide bonds. The highest BCUT2D eigenvalue weighted by molar-refractivity contribution is 6.29. The summed E-state index contributed by atoms with van der Waals surface area (Å²) in [6, 6.07) is 3.20. The van der Waals surface area contributed by atoms with Gasteiger partial charge in [-0.25, -0.2) is 4.98 Å². The van der Waals surface area contributed by atoms with Gasteiger partial charge in [-0.2, -0.15) is 0 Å². The van der Waals surface area contributed by atoms with Gasteiger partial charge in [-0.3, -0.25) is 4.79 Å². The van der Waals surface area contributed by atoms with Crippen LogP contribution in [0, 0.1) is 0 Å². The third-order valence-electron chi connectivity index (χ3n) is 1.76. The minimum absolute atomic E-state index is 0.245. The van der Waals surface area contributed by atoms with E-state index in [2.05, 4.69) is 10.3 Å². The van der Waals surface area contributed by atoms with Gasteiger partial charge in [0.1, 0.15) is 11.0 Å². The fraction of sp³-hybridized carbons (Fsp3) is 0.400. The number of halogens is 1. The van der Waals surface area contributed by atoms with Gasteiger partial charge in [0, 0.05) is 18.3 Å². The molecular weight excluding hydrogens is 230 g/mol. The van der Waals surface area contributed by atoms with Gasteiger partial charge < -0.3 is 15.8 Å². The predicted octanol–water partition coefficient (Wildman–Crippen LogP) is 1.68. The first kappa shape index (κ1) is 12.6. The van der Waals surface area contributed by atoms with Crippen LogP contribution in [0.3, 0.4) is 0 Å². The SMILES string of the molecule is CCOC(=O)CCNc1cc(N)cc(Cl)n1. The van der Waals surface area contributed by atoms with E-state index in [9.17, 15) is 4.79 Å². The Kier molecular flexibility index (Phi) is 4.85. The first-order valence-electron chi connectivity index (χ1n) is 4.94. The van der Waals surface area contributed by atoms with E-state index in [0.29, 0.717) is 29.8 Å². The third-order valence-corrected chi connectivity index (χ3v) is 1.95. The van der Waals surface area contributed by atoms with Crippen molar-refractivity contribution < 1.29 is 9.53 Å². The van der Waals surface area contributed by atoms with E-state index in [4.69, 9.17) is 22.1 Å². The van der Waals surface area contributed by atoms with Crippen molar-refractivity contribution in [1.29, 1.82) is 0 Å². The number of nitrogens with one attached hydrogen (secondary N) is 1. The zero-order valence-electron chi connectivity index (χ0n) is 9.00. The Morgan fingerprint density at radius 1 is 1.62 bits per heavy atom. The number of anilines is 2. The molecule has 0 atom stereocenters. The fourth-order valence-electron chi connectivity index (χ4n) is 1.13. The molecule has 0 saturated carbocycles. The molecule has 1 heterocycles. The molecule has 0 saturated heterocycles. The number of hydrogen-bond acceptors (Lipinski definition) is 5. The molecule has 0 radical (unpaired) electrons. The Balaban J connectivity index is 2.40. The second-order valence-corrected chi connectivity index (χ2v) is 3.48. The second kappa shape index (κ2) is 6.17. The van der Waals surface area contributed by atoms with Crippen LogP contribution < -0.4 is 11.1 Å². The lowest BCUT2D eigenvalue weighted by atomic mass is 10.4. The van der Waals surface area contributed by atoms with Crippen molar-refractivity contribution in [2.45, 2.75) is 13.3 Å². The number of hydrogen-bond donors (Lipinski definition) is 2. The van der Waals surface area contributed by atoms with Crippen molar-refractivity contribution in [2.24, 2.45) is 0 Å². The average Bonchev–Trinajstić information content (AvgIpc) is 2.16. The lowest BCUT2D eigenvalue weighted by Gasteiger charge is -2.06. The molecule has 0 aliphatic carbocycles. The Morgan fingerprint density at radius 2 is 2.38 bits per heavy atom. The average molecular weight is 244 g/mol. The summed E-state index contributed by atoms with van der Waals surface area (Å²) in [5.41, 5.74) is 6.11. The number of aromatic nitrogens is 1. The van der Waals surface area contributed by atoms with Crippen LogP contribution in [0.5, 0.6) is 0 Å². The van der Waals surface area contributed by atoms with Crippen molar-refractivity contribution in [3.05, 3.63) is 17.3 Å². The van der Waals surface area contributed by atoms with Crippen molar-refractivity contribution in [3.8, 4) is 0 Å². The molecule has 0 bridgehead atoms. The molecule has 0 aliphatic rings. The number of pyridine rings is 1. The minimum atomic E-state index is -0.245. The fourth-order valence-corrected chi connectivity index (χ4v) is 1.35. The molecule has 0 spiro atoms. The van der Waals surface area contributed by atoms with Gasteiger partial charge in [0.05, 0.1) is 13.0 Å². The summed E-state index contributed by atoms with van der Waals surface area (Å²) in [4.78, 5) is 15.0. The van der Waals surface area contributed by atoms with E-state index in [1.807, 2.05) is 0 Å². The normalized spacial score (nSPS) is 9.88. The summed E-state index contributed by atoms with van der Waals surface area (Å²) in [7, 11) is 0. The molecule has 0 aromatic carbocycles. The van der Waals surface area contributed by atoms with Crippen LogP contribution in [-0.4, -0.2) is 24.1 Å². The highest BCUT2D eigenvalue weighted by Crippen LogP contribution is 2.15. The van der Waals surface area contributed by atoms with E-state index in [0.717, 1.165) is 0 Å². The van der Waals surface area contributed by atoms with E-state index in [-0.39, 0.29) is 12.4 Å². The highest BCUT2D eigenvalue weighted by Gasteiger charge is 2.02. The first-order valence-corrected chi connectivity index (χ1v) is 5.32. The maximum atomic E-state index is 11.0. The number of rotatable bonds is 5. The summed E-state index contributed by atoms with van der Waals surface area (Å²) < 4.78 is 4.78. The smallest absolute Gasteiger partial charge is 0.307 e. The molecule has 0 fully saturated rings. The maximum absolute atomic E-state index is 11.0. The van der Waals surface area contributed by atoms with Crippen molar-refractivity contribution in [3.63, 3.8) is 0 Å². The zero-order valence-corrected chi connectivity index (χ0v) is 9.75. The van der Waals surface area contributed by atoms with Crippen molar-refractivity contribution in [1.82, 2.24) is 4.98 Å². The monoisotopic (exact) mass is 243 g/mol. The Morgan fingerprint density at radius 3 is 3.00 bits per heavy atom. The highest BCUT2D eigenvalue weighted by atomic mass is 35.5. The number of carbonyl (C=O) groups excluding carboxylic acids is 1.